The molecule has 1 saturated heterocycles. The highest BCUT2D eigenvalue weighted by Gasteiger charge is 2.15. The summed E-state index contributed by atoms with van der Waals surface area (Å²) in [6.07, 6.45) is 0. The molecular formula is C25H23N5O4. The van der Waals surface area contributed by atoms with Gasteiger partial charge in [-0.1, -0.05) is 18.2 Å². The first kappa shape index (κ1) is 21.6. The molecule has 4 aromatic rings. The van der Waals surface area contributed by atoms with Gasteiger partial charge >= 0.3 is 5.63 Å². The number of hydrogen-bond acceptors (Lipinski definition) is 8. The number of nitrogens with zero attached hydrogens (tertiary/aromatic N) is 3. The van der Waals surface area contributed by atoms with Crippen LogP contribution in [0.4, 0.5) is 23.0 Å². The number of aromatic nitrogens is 2. The predicted molar refractivity (Wildman–Crippen MR) is 130 cm³/mol. The summed E-state index contributed by atoms with van der Waals surface area (Å²) in [6.45, 7) is 4.80. The molecule has 2 aromatic heterocycles. The maximum atomic E-state index is 12.7. The van der Waals surface area contributed by atoms with Gasteiger partial charge in [-0.15, -0.1) is 0 Å². The van der Waals surface area contributed by atoms with Crippen molar-refractivity contribution in [3.8, 4) is 0 Å². The number of ether oxygens (including phenoxy) is 1. The molecule has 0 atom stereocenters. The number of para-hydroxylation sites is 1. The van der Waals surface area contributed by atoms with Crippen molar-refractivity contribution in [1.82, 2.24) is 9.97 Å². The average Bonchev–Trinajstić information content (AvgIpc) is 2.85. The summed E-state index contributed by atoms with van der Waals surface area (Å²) in [7, 11) is 0. The lowest BCUT2D eigenvalue weighted by Crippen LogP contribution is -2.36. The number of anilines is 4. The standard InChI is InChI=1S/C25H23N5O4/c1-16-26-22(15-23(27-16)30-10-12-33-13-11-30)28-18-6-8-19(9-7-18)29-24(31)20-14-17-4-2-3-5-21(17)34-25(20)32/h2-9,14-15H,10-13H2,1H3,(H,29,31)(H,26,27,28). The number of morpholine rings is 1. The van der Waals surface area contributed by atoms with Gasteiger partial charge < -0.3 is 24.7 Å². The number of carbonyl (C=O) groups is 1. The van der Waals surface area contributed by atoms with Crippen molar-refractivity contribution < 1.29 is 13.9 Å². The van der Waals surface area contributed by atoms with E-state index in [4.69, 9.17) is 9.15 Å². The number of amides is 1. The van der Waals surface area contributed by atoms with Gasteiger partial charge in [-0.25, -0.2) is 14.8 Å². The molecule has 1 fully saturated rings. The van der Waals surface area contributed by atoms with E-state index in [0.717, 1.165) is 24.6 Å². The fourth-order valence-electron chi connectivity index (χ4n) is 3.77. The first-order valence-corrected chi connectivity index (χ1v) is 10.9. The van der Waals surface area contributed by atoms with Gasteiger partial charge in [-0.3, -0.25) is 4.79 Å². The first-order valence-electron chi connectivity index (χ1n) is 10.9. The van der Waals surface area contributed by atoms with Crippen LogP contribution >= 0.6 is 0 Å². The third-order valence-corrected chi connectivity index (χ3v) is 5.46. The minimum absolute atomic E-state index is 0.0481. The lowest BCUT2D eigenvalue weighted by Gasteiger charge is -2.28. The molecule has 3 heterocycles. The van der Waals surface area contributed by atoms with Crippen molar-refractivity contribution in [2.45, 2.75) is 6.92 Å². The first-order chi connectivity index (χ1) is 16.5. The van der Waals surface area contributed by atoms with Crippen LogP contribution in [-0.2, 0) is 4.74 Å². The zero-order chi connectivity index (χ0) is 23.5. The molecule has 2 N–H and O–H groups in total. The average molecular weight is 457 g/mol. The van der Waals surface area contributed by atoms with E-state index in [1.54, 1.807) is 30.3 Å². The van der Waals surface area contributed by atoms with Crippen molar-refractivity contribution in [2.75, 3.05) is 41.8 Å². The fraction of sp³-hybridized carbons (Fsp3) is 0.200. The summed E-state index contributed by atoms with van der Waals surface area (Å²) in [5.74, 6) is 1.68. The fourth-order valence-corrected chi connectivity index (χ4v) is 3.77. The van der Waals surface area contributed by atoms with Gasteiger partial charge in [0.15, 0.2) is 0 Å². The molecule has 1 aliphatic heterocycles. The second kappa shape index (κ2) is 9.32. The van der Waals surface area contributed by atoms with E-state index in [1.807, 2.05) is 31.2 Å². The van der Waals surface area contributed by atoms with Crippen LogP contribution in [0.2, 0.25) is 0 Å². The van der Waals surface area contributed by atoms with E-state index in [0.29, 0.717) is 41.5 Å². The minimum Gasteiger partial charge on any atom is -0.422 e. The third-order valence-electron chi connectivity index (χ3n) is 5.46. The van der Waals surface area contributed by atoms with Crippen LogP contribution < -0.4 is 21.2 Å². The molecule has 0 bridgehead atoms. The van der Waals surface area contributed by atoms with Crippen molar-refractivity contribution in [2.24, 2.45) is 0 Å². The van der Waals surface area contributed by atoms with Crippen LogP contribution in [0.15, 0.2) is 69.9 Å². The third kappa shape index (κ3) is 4.74. The van der Waals surface area contributed by atoms with Crippen LogP contribution in [0.5, 0.6) is 0 Å². The summed E-state index contributed by atoms with van der Waals surface area (Å²) >= 11 is 0. The molecule has 5 rings (SSSR count). The number of nitrogens with one attached hydrogen (secondary N) is 2. The molecular weight excluding hydrogens is 434 g/mol. The maximum Gasteiger partial charge on any atom is 0.349 e. The maximum absolute atomic E-state index is 12.7. The van der Waals surface area contributed by atoms with Crippen LogP contribution in [0.3, 0.4) is 0 Å². The van der Waals surface area contributed by atoms with Crippen LogP contribution in [0.1, 0.15) is 16.2 Å². The quantitative estimate of drug-likeness (QED) is 0.437. The molecule has 1 amide bonds. The SMILES string of the molecule is Cc1nc(Nc2ccc(NC(=O)c3cc4ccccc4oc3=O)cc2)cc(N2CCOCC2)n1. The van der Waals surface area contributed by atoms with Crippen molar-refractivity contribution in [3.05, 3.63) is 82.5 Å². The van der Waals surface area contributed by atoms with Gasteiger partial charge in [0, 0.05) is 35.9 Å². The van der Waals surface area contributed by atoms with Crippen LogP contribution in [-0.4, -0.2) is 42.2 Å². The highest BCUT2D eigenvalue weighted by molar-refractivity contribution is 6.05. The molecule has 0 saturated carbocycles. The van der Waals surface area contributed by atoms with Gasteiger partial charge in [0.05, 0.1) is 13.2 Å². The number of fused-ring (bicyclic) bond motifs is 1. The highest BCUT2D eigenvalue weighted by Crippen LogP contribution is 2.22. The smallest absolute Gasteiger partial charge is 0.349 e. The summed E-state index contributed by atoms with van der Waals surface area (Å²) in [5.41, 5.74) is 1.07. The molecule has 34 heavy (non-hydrogen) atoms. The van der Waals surface area contributed by atoms with Gasteiger partial charge in [-0.2, -0.15) is 0 Å². The Balaban J connectivity index is 1.29. The Bertz CT molecular complexity index is 1390. The number of benzene rings is 2. The van der Waals surface area contributed by atoms with E-state index in [2.05, 4.69) is 25.5 Å². The summed E-state index contributed by atoms with van der Waals surface area (Å²) in [4.78, 5) is 36.1. The normalized spacial score (nSPS) is 13.6. The number of aryl methyl sites for hydroxylation is 1. The molecule has 0 aliphatic carbocycles. The molecule has 172 valence electrons. The monoisotopic (exact) mass is 457 g/mol. The summed E-state index contributed by atoms with van der Waals surface area (Å²) in [5, 5.41) is 6.71. The molecule has 9 heteroatoms. The van der Waals surface area contributed by atoms with Crippen molar-refractivity contribution >= 4 is 39.9 Å². The zero-order valence-electron chi connectivity index (χ0n) is 18.6. The zero-order valence-corrected chi connectivity index (χ0v) is 18.6. The lowest BCUT2D eigenvalue weighted by atomic mass is 10.1. The summed E-state index contributed by atoms with van der Waals surface area (Å²) < 4.78 is 10.7. The van der Waals surface area contributed by atoms with Gasteiger partial charge in [0.1, 0.15) is 28.6 Å². The predicted octanol–water partition coefficient (Wildman–Crippen LogP) is 3.72. The molecule has 0 spiro atoms. The Hall–Kier alpha value is -4.24. The van der Waals surface area contributed by atoms with Crippen molar-refractivity contribution in [1.29, 1.82) is 0 Å². The Kier molecular flexibility index (Phi) is 5.92. The van der Waals surface area contributed by atoms with Crippen LogP contribution in [0.25, 0.3) is 11.0 Å². The van der Waals surface area contributed by atoms with E-state index < -0.39 is 11.5 Å². The molecule has 9 nitrogen and oxygen atoms in total. The summed E-state index contributed by atoms with van der Waals surface area (Å²) in [6, 6.07) is 17.7. The Labute approximate surface area is 195 Å². The molecule has 0 unspecified atom stereocenters. The number of rotatable bonds is 5. The van der Waals surface area contributed by atoms with Gasteiger partial charge in [-0.05, 0) is 43.3 Å². The minimum atomic E-state index is -0.676. The van der Waals surface area contributed by atoms with Gasteiger partial charge in [0.25, 0.3) is 5.91 Å². The number of hydrogen-bond donors (Lipinski definition) is 2. The van der Waals surface area contributed by atoms with E-state index in [-0.39, 0.29) is 5.56 Å². The lowest BCUT2D eigenvalue weighted by molar-refractivity contribution is 0.102. The molecule has 1 aliphatic rings. The largest absolute Gasteiger partial charge is 0.422 e. The van der Waals surface area contributed by atoms with Crippen LogP contribution in [0, 0.1) is 6.92 Å². The van der Waals surface area contributed by atoms with E-state index in [1.165, 1.54) is 6.07 Å². The Morgan fingerprint density at radius 2 is 1.71 bits per heavy atom. The van der Waals surface area contributed by atoms with E-state index >= 15 is 0 Å². The van der Waals surface area contributed by atoms with Crippen molar-refractivity contribution in [3.63, 3.8) is 0 Å². The van der Waals surface area contributed by atoms with Gasteiger partial charge in [0.2, 0.25) is 0 Å². The Morgan fingerprint density at radius 1 is 0.971 bits per heavy atom. The molecule has 0 radical (unpaired) electrons. The topological polar surface area (TPSA) is 110 Å². The van der Waals surface area contributed by atoms with E-state index in [9.17, 15) is 9.59 Å². The second-order valence-electron chi connectivity index (χ2n) is 7.90. The second-order valence-corrected chi connectivity index (χ2v) is 7.90. The number of carbonyl (C=O) groups excluding carboxylic acids is 1. The Morgan fingerprint density at radius 3 is 2.50 bits per heavy atom. The highest BCUT2D eigenvalue weighted by atomic mass is 16.5. The molecule has 2 aromatic carbocycles.